The molecule has 3 amide bonds. The minimum absolute atomic E-state index is 0.0612. The van der Waals surface area contributed by atoms with Crippen LogP contribution in [0.25, 0.3) is 0 Å². The van der Waals surface area contributed by atoms with Crippen LogP contribution in [0.15, 0.2) is 0 Å². The van der Waals surface area contributed by atoms with E-state index in [1.807, 2.05) is 0 Å². The molecule has 0 aromatic heterocycles. The molecule has 10 heteroatoms. The second-order valence-corrected chi connectivity index (χ2v) is 7.27. The normalized spacial score (nSPS) is 38.0. The number of hydrogen-bond acceptors (Lipinski definition) is 7. The standard InChI is InChI=1S/C14H24N3O7/c1-13(2,3)17(23)14(4)10(20)15-12(22)16(11(14)21)9-5-7(19)8(6-18)24-9/h7-9,11,18-19,21H,5-6H2,1-4H3,(H,15,20,22)/t7-,8+,9+,11?,14?/m0/s1. The lowest BCUT2D eigenvalue weighted by molar-refractivity contribution is -0.302. The van der Waals surface area contributed by atoms with Crippen LogP contribution in [-0.4, -0.2) is 79.6 Å². The van der Waals surface area contributed by atoms with Crippen molar-refractivity contribution in [3.05, 3.63) is 0 Å². The molecule has 0 aliphatic carbocycles. The van der Waals surface area contributed by atoms with Gasteiger partial charge in [-0.3, -0.25) is 15.0 Å². The van der Waals surface area contributed by atoms with Gasteiger partial charge in [0.2, 0.25) is 0 Å². The Hall–Kier alpha value is -1.30. The highest BCUT2D eigenvalue weighted by Crippen LogP contribution is 2.34. The van der Waals surface area contributed by atoms with Gasteiger partial charge in [0, 0.05) is 12.0 Å². The summed E-state index contributed by atoms with van der Waals surface area (Å²) in [5.74, 6) is -0.918. The van der Waals surface area contributed by atoms with Crippen LogP contribution < -0.4 is 5.32 Å². The first-order chi connectivity index (χ1) is 10.9. The van der Waals surface area contributed by atoms with Gasteiger partial charge in [-0.15, -0.1) is 10.3 Å². The second kappa shape index (κ2) is 6.21. The number of carbonyl (C=O) groups is 2. The van der Waals surface area contributed by atoms with E-state index >= 15 is 0 Å². The first-order valence-electron chi connectivity index (χ1n) is 7.68. The van der Waals surface area contributed by atoms with Crippen molar-refractivity contribution in [2.45, 2.75) is 69.9 Å². The third-order valence-corrected chi connectivity index (χ3v) is 4.41. The van der Waals surface area contributed by atoms with Gasteiger partial charge in [0.05, 0.1) is 12.7 Å². The van der Waals surface area contributed by atoms with E-state index < -0.39 is 54.3 Å². The number of ether oxygens (including phenoxy) is 1. The van der Waals surface area contributed by atoms with Crippen LogP contribution in [0, 0.1) is 0 Å². The van der Waals surface area contributed by atoms with Gasteiger partial charge in [0.1, 0.15) is 12.3 Å². The SMILES string of the molecule is CC(C)(C)N([O])C1(C)C(=O)NC(=O)N([C@H]2C[C@H](O)[C@@H](CO)O2)C1O. The molecule has 2 saturated heterocycles. The van der Waals surface area contributed by atoms with Crippen molar-refractivity contribution in [2.75, 3.05) is 6.61 Å². The summed E-state index contributed by atoms with van der Waals surface area (Å²) < 4.78 is 5.37. The van der Waals surface area contributed by atoms with Gasteiger partial charge in [0.25, 0.3) is 5.91 Å². The van der Waals surface area contributed by atoms with Crippen LogP contribution in [0.1, 0.15) is 34.1 Å². The Balaban J connectivity index is 2.34. The number of aliphatic hydroxyl groups excluding tert-OH is 3. The Bertz CT molecular complexity index is 523. The van der Waals surface area contributed by atoms with E-state index in [1.54, 1.807) is 20.8 Å². The zero-order valence-electron chi connectivity index (χ0n) is 14.1. The van der Waals surface area contributed by atoms with Gasteiger partial charge >= 0.3 is 6.03 Å². The molecule has 10 nitrogen and oxygen atoms in total. The molecule has 2 aliphatic rings. The van der Waals surface area contributed by atoms with Crippen LogP contribution in [0.4, 0.5) is 4.79 Å². The zero-order chi connectivity index (χ0) is 18.4. The minimum Gasteiger partial charge on any atom is -0.394 e. The lowest BCUT2D eigenvalue weighted by Gasteiger charge is -2.50. The van der Waals surface area contributed by atoms with E-state index in [-0.39, 0.29) is 6.42 Å². The Morgan fingerprint density at radius 1 is 1.38 bits per heavy atom. The number of aliphatic hydroxyl groups is 3. The molecular formula is C14H24N3O7. The quantitative estimate of drug-likeness (QED) is 0.457. The highest BCUT2D eigenvalue weighted by Gasteiger charge is 2.59. The number of imide groups is 1. The van der Waals surface area contributed by atoms with Crippen molar-refractivity contribution in [1.29, 1.82) is 0 Å². The summed E-state index contributed by atoms with van der Waals surface area (Å²) in [6, 6.07) is -0.928. The summed E-state index contributed by atoms with van der Waals surface area (Å²) in [6.45, 7) is 5.49. The number of hydroxylamine groups is 2. The van der Waals surface area contributed by atoms with Gasteiger partial charge in [-0.05, 0) is 27.7 Å². The van der Waals surface area contributed by atoms with Crippen LogP contribution in [0.3, 0.4) is 0 Å². The molecule has 0 aromatic rings. The average Bonchev–Trinajstić information content (AvgIpc) is 2.83. The third-order valence-electron chi connectivity index (χ3n) is 4.41. The molecule has 0 saturated carbocycles. The number of nitrogens with one attached hydrogen (secondary N) is 1. The summed E-state index contributed by atoms with van der Waals surface area (Å²) in [5.41, 5.74) is -2.97. The van der Waals surface area contributed by atoms with E-state index in [2.05, 4.69) is 5.32 Å². The van der Waals surface area contributed by atoms with Crippen molar-refractivity contribution in [3.8, 4) is 0 Å². The Morgan fingerprint density at radius 3 is 2.42 bits per heavy atom. The van der Waals surface area contributed by atoms with E-state index in [0.29, 0.717) is 5.06 Å². The molecule has 1 radical (unpaired) electrons. The third kappa shape index (κ3) is 2.89. The van der Waals surface area contributed by atoms with Crippen molar-refractivity contribution in [1.82, 2.24) is 15.3 Å². The summed E-state index contributed by atoms with van der Waals surface area (Å²) >= 11 is 0. The first kappa shape index (κ1) is 19.0. The number of hydrogen-bond donors (Lipinski definition) is 4. The fourth-order valence-corrected chi connectivity index (χ4v) is 3.02. The maximum atomic E-state index is 12.6. The summed E-state index contributed by atoms with van der Waals surface area (Å²) in [6.07, 6.45) is -4.87. The number of urea groups is 1. The van der Waals surface area contributed by atoms with Crippen LogP contribution in [0.5, 0.6) is 0 Å². The number of rotatable bonds is 3. The van der Waals surface area contributed by atoms with Gasteiger partial charge in [0.15, 0.2) is 11.8 Å². The highest BCUT2D eigenvalue weighted by atomic mass is 16.6. The van der Waals surface area contributed by atoms with Crippen molar-refractivity contribution in [2.24, 2.45) is 0 Å². The lowest BCUT2D eigenvalue weighted by atomic mass is 9.90. The lowest BCUT2D eigenvalue weighted by Crippen LogP contribution is -2.77. The Labute approximate surface area is 139 Å². The summed E-state index contributed by atoms with van der Waals surface area (Å²) in [4.78, 5) is 25.2. The fraction of sp³-hybridized carbons (Fsp3) is 0.857. The van der Waals surface area contributed by atoms with Crippen LogP contribution in [-0.2, 0) is 14.7 Å². The van der Waals surface area contributed by atoms with Gasteiger partial charge in [-0.2, -0.15) is 0 Å². The first-order valence-corrected chi connectivity index (χ1v) is 7.68. The smallest absolute Gasteiger partial charge is 0.328 e. The van der Waals surface area contributed by atoms with E-state index in [0.717, 1.165) is 4.90 Å². The number of amides is 3. The second-order valence-electron chi connectivity index (χ2n) is 7.27. The maximum Gasteiger partial charge on any atom is 0.328 e. The molecular weight excluding hydrogens is 322 g/mol. The van der Waals surface area contributed by atoms with Gasteiger partial charge < -0.3 is 20.1 Å². The van der Waals surface area contributed by atoms with E-state index in [4.69, 9.17) is 9.84 Å². The fourth-order valence-electron chi connectivity index (χ4n) is 3.02. The number of carbonyl (C=O) groups excluding carboxylic acids is 2. The largest absolute Gasteiger partial charge is 0.394 e. The maximum absolute atomic E-state index is 12.6. The van der Waals surface area contributed by atoms with Crippen molar-refractivity contribution >= 4 is 11.9 Å². The van der Waals surface area contributed by atoms with E-state index in [1.165, 1.54) is 6.92 Å². The predicted octanol–water partition coefficient (Wildman–Crippen LogP) is -1.47. The number of nitrogens with zero attached hydrogens (tertiary/aromatic N) is 2. The molecule has 0 aromatic carbocycles. The molecule has 24 heavy (non-hydrogen) atoms. The van der Waals surface area contributed by atoms with Crippen LogP contribution >= 0.6 is 0 Å². The molecule has 5 atom stereocenters. The van der Waals surface area contributed by atoms with Crippen molar-refractivity contribution in [3.63, 3.8) is 0 Å². The zero-order valence-corrected chi connectivity index (χ0v) is 14.1. The Morgan fingerprint density at radius 2 is 1.96 bits per heavy atom. The summed E-state index contributed by atoms with van der Waals surface area (Å²) in [7, 11) is 0. The van der Waals surface area contributed by atoms with Crippen molar-refractivity contribution < 1.29 is 34.9 Å². The molecule has 2 rings (SSSR count). The molecule has 2 aliphatic heterocycles. The highest BCUT2D eigenvalue weighted by molar-refractivity contribution is 6.02. The molecule has 2 unspecified atom stereocenters. The molecule has 137 valence electrons. The summed E-state index contributed by atoms with van der Waals surface area (Å²) in [5, 5.41) is 44.7. The molecule has 2 heterocycles. The molecule has 0 bridgehead atoms. The predicted molar refractivity (Wildman–Crippen MR) is 78.4 cm³/mol. The average molecular weight is 346 g/mol. The Kier molecular flexibility index (Phi) is 4.92. The monoisotopic (exact) mass is 346 g/mol. The topological polar surface area (TPSA) is 142 Å². The molecule has 2 fully saturated rings. The van der Waals surface area contributed by atoms with Crippen LogP contribution in [0.2, 0.25) is 0 Å². The van der Waals surface area contributed by atoms with Gasteiger partial charge in [-0.1, -0.05) is 0 Å². The molecule has 0 spiro atoms. The minimum atomic E-state index is -1.96. The molecule has 4 N–H and O–H groups in total. The van der Waals surface area contributed by atoms with Gasteiger partial charge in [-0.25, -0.2) is 4.79 Å². The van der Waals surface area contributed by atoms with E-state index in [9.17, 15) is 25.0 Å².